The summed E-state index contributed by atoms with van der Waals surface area (Å²) in [6.45, 7) is 11.6. The van der Waals surface area contributed by atoms with E-state index < -0.39 is 0 Å². The first-order valence-corrected chi connectivity index (χ1v) is 20.8. The Morgan fingerprint density at radius 1 is 0.550 bits per heavy atom. The zero-order chi connectivity index (χ0) is 41.3. The normalized spacial score (nSPS) is 12.9. The van der Waals surface area contributed by atoms with Gasteiger partial charge in [-0.3, -0.25) is 0 Å². The molecule has 1 N–H and O–H groups in total. The van der Waals surface area contributed by atoms with E-state index in [1.54, 1.807) is 0 Å². The smallest absolute Gasteiger partial charge is 0.123 e. The molecule has 8 aromatic carbocycles. The van der Waals surface area contributed by atoms with Gasteiger partial charge in [-0.15, -0.1) is 13.2 Å². The van der Waals surface area contributed by atoms with Crippen LogP contribution < -0.4 is 10.1 Å². The minimum absolute atomic E-state index is 0.256. The fourth-order valence-corrected chi connectivity index (χ4v) is 8.82. The molecule has 10 rings (SSSR count). The Labute approximate surface area is 356 Å². The van der Waals surface area contributed by atoms with Crippen molar-refractivity contribution in [2.45, 2.75) is 38.8 Å². The third kappa shape index (κ3) is 7.97. The van der Waals surface area contributed by atoms with E-state index in [9.17, 15) is 0 Å². The van der Waals surface area contributed by atoms with Gasteiger partial charge in [-0.1, -0.05) is 200 Å². The lowest BCUT2D eigenvalue weighted by molar-refractivity contribution is 0.294. The summed E-state index contributed by atoms with van der Waals surface area (Å²) in [5.74, 6) is 0.986. The Kier molecular flexibility index (Phi) is 12.0. The maximum atomic E-state index is 6.44. The second-order valence-corrected chi connectivity index (χ2v) is 15.3. The molecule has 1 spiro atoms. The number of hydrogen-bond acceptors (Lipinski definition) is 2. The van der Waals surface area contributed by atoms with Gasteiger partial charge in [0.15, 0.2) is 0 Å². The molecular weight excluding hydrogens is 727 g/mol. The van der Waals surface area contributed by atoms with E-state index >= 15 is 0 Å². The maximum absolute atomic E-state index is 6.44. The zero-order valence-electron chi connectivity index (χ0n) is 34.6. The number of nitrogens with one attached hydrogen (secondary N) is 1. The molecule has 1 heterocycles. The average molecular weight is 778 g/mol. The summed E-state index contributed by atoms with van der Waals surface area (Å²) in [5.41, 5.74) is 19.0. The van der Waals surface area contributed by atoms with Crippen molar-refractivity contribution in [3.63, 3.8) is 0 Å². The summed E-state index contributed by atoms with van der Waals surface area (Å²) in [4.78, 5) is 0. The molecule has 0 unspecified atom stereocenters. The van der Waals surface area contributed by atoms with E-state index in [-0.39, 0.29) is 5.41 Å². The predicted octanol–water partition coefficient (Wildman–Crippen LogP) is 14.4. The Morgan fingerprint density at radius 3 is 1.75 bits per heavy atom. The fourth-order valence-electron chi connectivity index (χ4n) is 8.82. The third-order valence-electron chi connectivity index (χ3n) is 11.7. The molecule has 294 valence electrons. The van der Waals surface area contributed by atoms with Gasteiger partial charge in [0.2, 0.25) is 0 Å². The minimum atomic E-state index is -0.256. The summed E-state index contributed by atoms with van der Waals surface area (Å²) in [6, 6.07) is 71.9. The van der Waals surface area contributed by atoms with Crippen LogP contribution in [0.4, 0.5) is 0 Å². The lowest BCUT2D eigenvalue weighted by Gasteiger charge is -2.37. The lowest BCUT2D eigenvalue weighted by atomic mass is 9.66. The highest BCUT2D eigenvalue weighted by atomic mass is 16.5. The first-order valence-electron chi connectivity index (χ1n) is 20.8. The van der Waals surface area contributed by atoms with Crippen LogP contribution in [0.5, 0.6) is 5.75 Å². The molecule has 0 radical (unpaired) electrons. The first-order chi connectivity index (χ1) is 29.6. The van der Waals surface area contributed by atoms with E-state index in [0.29, 0.717) is 6.61 Å². The van der Waals surface area contributed by atoms with Crippen molar-refractivity contribution in [1.82, 2.24) is 5.32 Å². The van der Waals surface area contributed by atoms with Crippen molar-refractivity contribution >= 4 is 5.70 Å². The van der Waals surface area contributed by atoms with Gasteiger partial charge in [0.1, 0.15) is 12.4 Å². The monoisotopic (exact) mass is 777 g/mol. The van der Waals surface area contributed by atoms with Crippen LogP contribution in [0.2, 0.25) is 0 Å². The van der Waals surface area contributed by atoms with Crippen molar-refractivity contribution in [3.8, 4) is 39.1 Å². The van der Waals surface area contributed by atoms with Gasteiger partial charge >= 0.3 is 0 Å². The second kappa shape index (κ2) is 18.2. The molecule has 0 saturated heterocycles. The molecule has 1 aliphatic carbocycles. The van der Waals surface area contributed by atoms with Crippen molar-refractivity contribution in [1.29, 1.82) is 0 Å². The number of para-hydroxylation sites is 1. The Bertz CT molecular complexity index is 2670. The average Bonchev–Trinajstić information content (AvgIpc) is 3.60. The van der Waals surface area contributed by atoms with Gasteiger partial charge in [-0.25, -0.2) is 0 Å². The van der Waals surface area contributed by atoms with Crippen LogP contribution in [0, 0.1) is 6.92 Å². The number of rotatable bonds is 6. The van der Waals surface area contributed by atoms with Crippen molar-refractivity contribution in [3.05, 3.63) is 264 Å². The number of allylic oxidation sites excluding steroid dienone is 1. The van der Waals surface area contributed by atoms with Crippen LogP contribution in [0.3, 0.4) is 0 Å². The Balaban J connectivity index is 0.000000174. The summed E-state index contributed by atoms with van der Waals surface area (Å²) in [6.07, 6.45) is 2.99. The highest BCUT2D eigenvalue weighted by Gasteiger charge is 2.46. The fraction of sp³-hybridized carbons (Fsp3) is 0.103. The standard InChI is InChI=1S/C34H26O.C22H21N.C2H4/c1-23-14-16-24(17-15-23)25-18-19-30-27(20-25)22-35-33-13-7-2-8-26(33)21-34(30)31-11-5-3-9-28(31)29-10-4-6-12-32(29)34;1-2-22(23-17-18-9-5-3-6-10-18)21-15-13-20(14-16-21)19-11-7-4-8-12-19;1-2/h2-20H,21-22H2,1H3;2-16,23H,17H2,1H3;1-2H2/b;22-2-;. The topological polar surface area (TPSA) is 21.3 Å². The molecule has 60 heavy (non-hydrogen) atoms. The molecule has 0 bridgehead atoms. The molecule has 0 atom stereocenters. The second-order valence-electron chi connectivity index (χ2n) is 15.3. The van der Waals surface area contributed by atoms with Crippen LogP contribution in [-0.2, 0) is 25.0 Å². The number of ether oxygens (including phenoxy) is 1. The molecule has 0 saturated carbocycles. The lowest BCUT2D eigenvalue weighted by Crippen LogP contribution is -2.32. The molecule has 8 aromatic rings. The number of fused-ring (bicyclic) bond motifs is 8. The van der Waals surface area contributed by atoms with Crippen LogP contribution in [0.25, 0.3) is 39.1 Å². The van der Waals surface area contributed by atoms with E-state index in [4.69, 9.17) is 4.74 Å². The molecule has 1 aliphatic heterocycles. The van der Waals surface area contributed by atoms with Crippen LogP contribution in [0.1, 0.15) is 51.4 Å². The van der Waals surface area contributed by atoms with Crippen molar-refractivity contribution in [2.24, 2.45) is 0 Å². The van der Waals surface area contributed by atoms with Gasteiger partial charge in [-0.2, -0.15) is 0 Å². The van der Waals surface area contributed by atoms with Crippen LogP contribution in [0.15, 0.2) is 219 Å². The van der Waals surface area contributed by atoms with Crippen LogP contribution >= 0.6 is 0 Å². The van der Waals surface area contributed by atoms with Crippen molar-refractivity contribution < 1.29 is 4.74 Å². The SMILES string of the molecule is C/C=C(\NCc1ccccc1)c1ccc(-c2ccccc2)cc1.C=C.Cc1ccc(-c2ccc3c(c2)COc2ccccc2CC32c3ccccc3-c3ccccc32)cc1. The number of hydrogen-bond donors (Lipinski definition) is 1. The zero-order valence-corrected chi connectivity index (χ0v) is 34.6. The highest BCUT2D eigenvalue weighted by molar-refractivity contribution is 5.84. The first kappa shape index (κ1) is 39.7. The molecule has 2 heteroatoms. The minimum Gasteiger partial charge on any atom is -0.489 e. The van der Waals surface area contributed by atoms with Gasteiger partial charge in [0, 0.05) is 12.2 Å². The van der Waals surface area contributed by atoms with E-state index in [1.807, 2.05) is 12.1 Å². The summed E-state index contributed by atoms with van der Waals surface area (Å²) < 4.78 is 6.44. The molecule has 2 nitrogen and oxygen atoms in total. The molecule has 0 amide bonds. The van der Waals surface area contributed by atoms with E-state index in [0.717, 1.165) is 24.4 Å². The van der Waals surface area contributed by atoms with Crippen molar-refractivity contribution in [2.75, 3.05) is 0 Å². The quantitative estimate of drug-likeness (QED) is 0.170. The third-order valence-corrected chi connectivity index (χ3v) is 11.7. The van der Waals surface area contributed by atoms with Crippen LogP contribution in [-0.4, -0.2) is 0 Å². The highest BCUT2D eigenvalue weighted by Crippen LogP contribution is 2.56. The van der Waals surface area contributed by atoms with Gasteiger partial charge in [-0.05, 0) is 105 Å². The summed E-state index contributed by atoms with van der Waals surface area (Å²) >= 11 is 0. The number of aryl methyl sites for hydroxylation is 1. The molecule has 0 fully saturated rings. The Morgan fingerprint density at radius 2 is 1.08 bits per heavy atom. The Hall–Kier alpha value is -7.16. The largest absolute Gasteiger partial charge is 0.489 e. The van der Waals surface area contributed by atoms with Gasteiger partial charge in [0.25, 0.3) is 0 Å². The molecule has 0 aromatic heterocycles. The maximum Gasteiger partial charge on any atom is 0.123 e. The van der Waals surface area contributed by atoms with E-state index in [1.165, 1.54) is 77.9 Å². The van der Waals surface area contributed by atoms with Gasteiger partial charge < -0.3 is 10.1 Å². The summed E-state index contributed by atoms with van der Waals surface area (Å²) in [7, 11) is 0. The molecule has 2 aliphatic rings. The van der Waals surface area contributed by atoms with E-state index in [2.05, 4.69) is 226 Å². The number of benzene rings is 8. The predicted molar refractivity (Wildman–Crippen MR) is 253 cm³/mol. The van der Waals surface area contributed by atoms with Gasteiger partial charge in [0.05, 0.1) is 5.41 Å². The summed E-state index contributed by atoms with van der Waals surface area (Å²) in [5, 5.41) is 3.52. The molecular formula is C58H51NO.